The summed E-state index contributed by atoms with van der Waals surface area (Å²) in [5.41, 5.74) is 10.6. The van der Waals surface area contributed by atoms with E-state index < -0.39 is 5.91 Å². The molecule has 0 bridgehead atoms. The van der Waals surface area contributed by atoms with Crippen LogP contribution in [0.15, 0.2) is 107 Å². The molecule has 1 amide bonds. The molecule has 0 aliphatic rings. The molecule has 0 aliphatic carbocycles. The lowest BCUT2D eigenvalue weighted by Gasteiger charge is -2.12. The number of halogens is 2. The van der Waals surface area contributed by atoms with Crippen LogP contribution in [-0.4, -0.2) is 21.3 Å². The average Bonchev–Trinajstić information content (AvgIpc) is 3.77. The van der Waals surface area contributed by atoms with E-state index in [0.717, 1.165) is 39.6 Å². The summed E-state index contributed by atoms with van der Waals surface area (Å²) in [5.74, 6) is 1.64. The van der Waals surface area contributed by atoms with Crippen molar-refractivity contribution in [3.05, 3.63) is 153 Å². The standard InChI is InChI=1S/C38H34Cl2N4O4/c1-24-5-6-25(2)43(24)31-9-13-34(14-10-31)47-23-35-17-18-37(48-35)38(45)42-41-21-29-19-26(3)44(27(29)4)32-11-15-33(16-12-32)46-22-28-7-8-30(39)20-36(28)40/h5-21H,22-23H2,1-4H3,(H,42,45)/b41-21+. The lowest BCUT2D eigenvalue weighted by Crippen LogP contribution is -2.16. The summed E-state index contributed by atoms with van der Waals surface area (Å²) in [6.45, 7) is 8.69. The number of carbonyl (C=O) groups excluding carboxylic acids is 1. The highest BCUT2D eigenvalue weighted by molar-refractivity contribution is 6.35. The Morgan fingerprint density at radius 1 is 0.750 bits per heavy atom. The highest BCUT2D eigenvalue weighted by atomic mass is 35.5. The Bertz CT molecular complexity index is 2070. The zero-order chi connectivity index (χ0) is 33.8. The van der Waals surface area contributed by atoms with E-state index >= 15 is 0 Å². The first-order chi connectivity index (χ1) is 23.2. The first-order valence-corrected chi connectivity index (χ1v) is 16.1. The summed E-state index contributed by atoms with van der Waals surface area (Å²) in [6.07, 6.45) is 1.62. The van der Waals surface area contributed by atoms with E-state index in [0.29, 0.717) is 28.2 Å². The van der Waals surface area contributed by atoms with E-state index in [9.17, 15) is 4.79 Å². The molecule has 3 aromatic heterocycles. The van der Waals surface area contributed by atoms with Gasteiger partial charge in [0.05, 0.1) is 6.21 Å². The fraction of sp³-hybridized carbons (Fsp3) is 0.158. The fourth-order valence-electron chi connectivity index (χ4n) is 5.52. The maximum atomic E-state index is 12.7. The van der Waals surface area contributed by atoms with Crippen molar-refractivity contribution in [3.8, 4) is 22.9 Å². The van der Waals surface area contributed by atoms with Crippen molar-refractivity contribution in [1.29, 1.82) is 0 Å². The zero-order valence-electron chi connectivity index (χ0n) is 27.0. The Morgan fingerprint density at radius 3 is 2.02 bits per heavy atom. The number of ether oxygens (including phenoxy) is 2. The molecule has 1 N–H and O–H groups in total. The molecule has 0 spiro atoms. The number of hydrogen-bond acceptors (Lipinski definition) is 5. The zero-order valence-corrected chi connectivity index (χ0v) is 28.5. The number of aromatic nitrogens is 2. The van der Waals surface area contributed by atoms with Crippen molar-refractivity contribution in [2.24, 2.45) is 5.10 Å². The molecule has 0 atom stereocenters. The van der Waals surface area contributed by atoms with Crippen LogP contribution >= 0.6 is 23.2 Å². The van der Waals surface area contributed by atoms with Crippen molar-refractivity contribution >= 4 is 35.3 Å². The van der Waals surface area contributed by atoms with Crippen molar-refractivity contribution in [2.75, 3.05) is 0 Å². The van der Waals surface area contributed by atoms with Crippen LogP contribution in [0.3, 0.4) is 0 Å². The minimum absolute atomic E-state index is 0.144. The SMILES string of the molecule is Cc1ccc(C)n1-c1ccc(OCc2ccc(C(=O)N/N=C/c3cc(C)n(-c4ccc(OCc5ccc(Cl)cc5Cl)cc4)c3C)o2)cc1. The van der Waals surface area contributed by atoms with Crippen LogP contribution in [-0.2, 0) is 13.2 Å². The number of amides is 1. The lowest BCUT2D eigenvalue weighted by atomic mass is 10.2. The number of carbonyl (C=O) groups is 1. The van der Waals surface area contributed by atoms with Crippen LogP contribution in [0.1, 0.15) is 50.2 Å². The second kappa shape index (κ2) is 14.3. The third kappa shape index (κ3) is 7.35. The molecule has 6 rings (SSSR count). The number of benzene rings is 3. The van der Waals surface area contributed by atoms with Crippen molar-refractivity contribution in [2.45, 2.75) is 40.9 Å². The quantitative estimate of drug-likeness (QED) is 0.109. The van der Waals surface area contributed by atoms with Gasteiger partial charge in [-0.25, -0.2) is 5.43 Å². The van der Waals surface area contributed by atoms with Gasteiger partial charge < -0.3 is 23.0 Å². The largest absolute Gasteiger partial charge is 0.489 e. The van der Waals surface area contributed by atoms with Crippen LogP contribution in [0.25, 0.3) is 11.4 Å². The van der Waals surface area contributed by atoms with Gasteiger partial charge in [0.1, 0.15) is 30.5 Å². The van der Waals surface area contributed by atoms with Gasteiger partial charge in [0.25, 0.3) is 0 Å². The van der Waals surface area contributed by atoms with Crippen LogP contribution in [0.4, 0.5) is 0 Å². The summed E-state index contributed by atoms with van der Waals surface area (Å²) in [4.78, 5) is 12.7. The van der Waals surface area contributed by atoms with Gasteiger partial charge in [0, 0.05) is 55.3 Å². The van der Waals surface area contributed by atoms with E-state index in [1.165, 1.54) is 11.4 Å². The molecular weight excluding hydrogens is 647 g/mol. The summed E-state index contributed by atoms with van der Waals surface area (Å²) in [6, 6.07) is 30.5. The Balaban J connectivity index is 1.02. The Kier molecular flexibility index (Phi) is 9.75. The van der Waals surface area contributed by atoms with Crippen molar-refractivity contribution in [3.63, 3.8) is 0 Å². The smallest absolute Gasteiger partial charge is 0.307 e. The molecule has 48 heavy (non-hydrogen) atoms. The molecule has 3 heterocycles. The third-order valence-electron chi connectivity index (χ3n) is 7.98. The molecule has 0 saturated heterocycles. The predicted octanol–water partition coefficient (Wildman–Crippen LogP) is 9.32. The molecule has 244 valence electrons. The Hall–Kier alpha value is -5.18. The van der Waals surface area contributed by atoms with Gasteiger partial charge >= 0.3 is 5.91 Å². The molecular formula is C38H34Cl2N4O4. The van der Waals surface area contributed by atoms with Gasteiger partial charge in [-0.3, -0.25) is 4.79 Å². The monoisotopic (exact) mass is 680 g/mol. The van der Waals surface area contributed by atoms with E-state index in [4.69, 9.17) is 37.1 Å². The number of rotatable bonds is 11. The molecule has 0 aliphatic heterocycles. The first-order valence-electron chi connectivity index (χ1n) is 15.3. The minimum atomic E-state index is -0.455. The Morgan fingerprint density at radius 2 is 1.38 bits per heavy atom. The molecule has 3 aromatic carbocycles. The molecule has 0 unspecified atom stereocenters. The van der Waals surface area contributed by atoms with E-state index in [1.807, 2.05) is 74.5 Å². The maximum Gasteiger partial charge on any atom is 0.307 e. The van der Waals surface area contributed by atoms with Gasteiger partial charge in [-0.1, -0.05) is 29.3 Å². The van der Waals surface area contributed by atoms with Crippen LogP contribution < -0.4 is 14.9 Å². The molecule has 8 nitrogen and oxygen atoms in total. The lowest BCUT2D eigenvalue weighted by molar-refractivity contribution is 0.0923. The normalized spacial score (nSPS) is 11.3. The van der Waals surface area contributed by atoms with E-state index in [-0.39, 0.29) is 12.4 Å². The van der Waals surface area contributed by atoms with Gasteiger partial charge in [0.2, 0.25) is 0 Å². The summed E-state index contributed by atoms with van der Waals surface area (Å²) in [5, 5.41) is 5.33. The highest BCUT2D eigenvalue weighted by Crippen LogP contribution is 2.26. The van der Waals surface area contributed by atoms with E-state index in [2.05, 4.69) is 45.6 Å². The van der Waals surface area contributed by atoms with Gasteiger partial charge in [0.15, 0.2) is 5.76 Å². The summed E-state index contributed by atoms with van der Waals surface area (Å²) in [7, 11) is 0. The second-order valence-electron chi connectivity index (χ2n) is 11.4. The van der Waals surface area contributed by atoms with Crippen LogP contribution in [0.2, 0.25) is 10.0 Å². The van der Waals surface area contributed by atoms with Gasteiger partial charge in [-0.15, -0.1) is 0 Å². The molecule has 0 radical (unpaired) electrons. The van der Waals surface area contributed by atoms with Crippen molar-refractivity contribution < 1.29 is 18.7 Å². The minimum Gasteiger partial charge on any atom is -0.489 e. The number of hydrogen-bond donors (Lipinski definition) is 1. The highest BCUT2D eigenvalue weighted by Gasteiger charge is 2.13. The maximum absolute atomic E-state index is 12.7. The average molecular weight is 682 g/mol. The van der Waals surface area contributed by atoms with Crippen molar-refractivity contribution in [1.82, 2.24) is 14.6 Å². The number of nitrogens with one attached hydrogen (secondary N) is 1. The summed E-state index contributed by atoms with van der Waals surface area (Å²) < 4.78 is 21.8. The summed E-state index contributed by atoms with van der Waals surface area (Å²) >= 11 is 12.3. The van der Waals surface area contributed by atoms with Crippen LogP contribution in [0, 0.1) is 27.7 Å². The fourth-order valence-corrected chi connectivity index (χ4v) is 5.98. The number of aryl methyl sites for hydroxylation is 3. The van der Waals surface area contributed by atoms with Crippen LogP contribution in [0.5, 0.6) is 11.5 Å². The first kappa shape index (κ1) is 32.7. The second-order valence-corrected chi connectivity index (χ2v) is 12.2. The predicted molar refractivity (Wildman–Crippen MR) is 189 cm³/mol. The Labute approximate surface area is 289 Å². The van der Waals surface area contributed by atoms with E-state index in [1.54, 1.807) is 30.5 Å². The topological polar surface area (TPSA) is 82.9 Å². The molecule has 0 saturated carbocycles. The molecule has 0 fully saturated rings. The van der Waals surface area contributed by atoms with Gasteiger partial charge in [-0.2, -0.15) is 5.10 Å². The molecule has 10 heteroatoms. The number of nitrogens with zero attached hydrogens (tertiary/aromatic N) is 3. The molecule has 6 aromatic rings. The number of hydrazone groups is 1. The number of furan rings is 1. The third-order valence-corrected chi connectivity index (χ3v) is 8.56. The van der Waals surface area contributed by atoms with Gasteiger partial charge in [-0.05, 0) is 119 Å².